The van der Waals surface area contributed by atoms with Gasteiger partial charge in [-0.3, -0.25) is 14.9 Å². The maximum Gasteiger partial charge on any atom is 0.343 e. The van der Waals surface area contributed by atoms with Gasteiger partial charge in [0.2, 0.25) is 0 Å². The fourth-order valence-corrected chi connectivity index (χ4v) is 5.11. The SMILES string of the molecule is CC1(C)[C@H](N(O)C(=O)NC2CCCCC2)N(C2CCCCC2)C(=O)N1CC(=O)O. The molecule has 164 valence electrons. The van der Waals surface area contributed by atoms with Crippen molar-refractivity contribution in [3.63, 3.8) is 0 Å². The minimum absolute atomic E-state index is 0.0179. The van der Waals surface area contributed by atoms with Crippen molar-refractivity contribution in [2.24, 2.45) is 0 Å². The Morgan fingerprint density at radius 3 is 2.17 bits per heavy atom. The normalized spacial score (nSPS) is 25.9. The van der Waals surface area contributed by atoms with Gasteiger partial charge in [-0.2, -0.15) is 5.06 Å². The summed E-state index contributed by atoms with van der Waals surface area (Å²) in [5.41, 5.74) is -1.05. The van der Waals surface area contributed by atoms with Crippen molar-refractivity contribution in [1.82, 2.24) is 20.2 Å². The second-order valence-electron chi connectivity index (χ2n) is 9.12. The van der Waals surface area contributed by atoms with Gasteiger partial charge in [-0.05, 0) is 39.5 Å². The molecule has 3 aliphatic rings. The Bertz CT molecular complexity index is 628. The predicted molar refractivity (Wildman–Crippen MR) is 105 cm³/mol. The lowest BCUT2D eigenvalue weighted by atomic mass is 9.92. The molecule has 0 unspecified atom stereocenters. The van der Waals surface area contributed by atoms with Crippen LogP contribution >= 0.6 is 0 Å². The number of hydrogen-bond acceptors (Lipinski definition) is 4. The van der Waals surface area contributed by atoms with Crippen LogP contribution in [0.15, 0.2) is 0 Å². The van der Waals surface area contributed by atoms with E-state index in [1.54, 1.807) is 18.7 Å². The van der Waals surface area contributed by atoms with Gasteiger partial charge >= 0.3 is 18.0 Å². The lowest BCUT2D eigenvalue weighted by Crippen LogP contribution is -2.61. The van der Waals surface area contributed by atoms with Crippen molar-refractivity contribution in [1.29, 1.82) is 0 Å². The van der Waals surface area contributed by atoms with Crippen molar-refractivity contribution >= 4 is 18.0 Å². The third kappa shape index (κ3) is 4.44. The van der Waals surface area contributed by atoms with Crippen LogP contribution in [-0.4, -0.2) is 73.5 Å². The Balaban J connectivity index is 1.84. The number of carboxylic acid groups (broad SMARTS) is 1. The molecule has 1 atom stereocenters. The third-order valence-electron chi connectivity index (χ3n) is 6.68. The fourth-order valence-electron chi connectivity index (χ4n) is 5.11. The molecule has 2 aliphatic carbocycles. The summed E-state index contributed by atoms with van der Waals surface area (Å²) in [6, 6.07) is -1.15. The van der Waals surface area contributed by atoms with Gasteiger partial charge in [0.25, 0.3) is 0 Å². The van der Waals surface area contributed by atoms with Crippen LogP contribution in [0.25, 0.3) is 0 Å². The number of carbonyl (C=O) groups excluding carboxylic acids is 2. The zero-order valence-electron chi connectivity index (χ0n) is 17.5. The van der Waals surface area contributed by atoms with Crippen molar-refractivity contribution in [2.75, 3.05) is 6.54 Å². The van der Waals surface area contributed by atoms with Gasteiger partial charge < -0.3 is 15.3 Å². The number of carboxylic acids is 1. The van der Waals surface area contributed by atoms with Crippen LogP contribution in [0, 0.1) is 0 Å². The Labute approximate surface area is 172 Å². The van der Waals surface area contributed by atoms with Crippen LogP contribution in [-0.2, 0) is 4.79 Å². The highest BCUT2D eigenvalue weighted by Crippen LogP contribution is 2.38. The summed E-state index contributed by atoms with van der Waals surface area (Å²) >= 11 is 0. The minimum atomic E-state index is -1.12. The first kappa shape index (κ1) is 21.7. The van der Waals surface area contributed by atoms with Crippen LogP contribution in [0.5, 0.6) is 0 Å². The van der Waals surface area contributed by atoms with E-state index in [1.165, 1.54) is 4.90 Å². The van der Waals surface area contributed by atoms with Crippen molar-refractivity contribution < 1.29 is 24.7 Å². The molecule has 29 heavy (non-hydrogen) atoms. The summed E-state index contributed by atoms with van der Waals surface area (Å²) in [6.45, 7) is 2.94. The fraction of sp³-hybridized carbons (Fsp3) is 0.850. The zero-order valence-corrected chi connectivity index (χ0v) is 17.5. The molecule has 4 amide bonds. The summed E-state index contributed by atoms with van der Waals surface area (Å²) in [7, 11) is 0. The number of amides is 4. The number of nitrogens with zero attached hydrogens (tertiary/aromatic N) is 3. The van der Waals surface area contributed by atoms with Gasteiger partial charge in [0, 0.05) is 12.1 Å². The summed E-state index contributed by atoms with van der Waals surface area (Å²) in [4.78, 5) is 40.2. The second-order valence-corrected chi connectivity index (χ2v) is 9.12. The molecule has 2 saturated carbocycles. The van der Waals surface area contributed by atoms with Gasteiger partial charge in [-0.15, -0.1) is 0 Å². The molecule has 9 heteroatoms. The number of hydroxylamine groups is 2. The number of carbonyl (C=O) groups is 3. The topological polar surface area (TPSA) is 113 Å². The highest BCUT2D eigenvalue weighted by Gasteiger charge is 2.57. The van der Waals surface area contributed by atoms with Gasteiger partial charge in [-0.1, -0.05) is 38.5 Å². The molecular weight excluding hydrogens is 376 g/mol. The average molecular weight is 411 g/mol. The average Bonchev–Trinajstić information content (AvgIpc) is 2.88. The first-order valence-corrected chi connectivity index (χ1v) is 10.8. The summed E-state index contributed by atoms with van der Waals surface area (Å²) in [5.74, 6) is -1.12. The van der Waals surface area contributed by atoms with Gasteiger partial charge in [0.15, 0.2) is 6.17 Å². The van der Waals surface area contributed by atoms with E-state index in [4.69, 9.17) is 0 Å². The molecule has 0 spiro atoms. The molecule has 3 rings (SSSR count). The van der Waals surface area contributed by atoms with Crippen LogP contribution < -0.4 is 5.32 Å². The smallest absolute Gasteiger partial charge is 0.343 e. The number of nitrogens with one attached hydrogen (secondary N) is 1. The lowest BCUT2D eigenvalue weighted by molar-refractivity contribution is -0.147. The molecule has 1 saturated heterocycles. The molecule has 0 aromatic carbocycles. The van der Waals surface area contributed by atoms with E-state index in [1.807, 2.05) is 0 Å². The molecule has 0 radical (unpaired) electrons. The molecule has 0 bridgehead atoms. The standard InChI is InChI=1S/C20H34N4O5/c1-20(2)17(24(29)18(27)21-14-9-5-3-6-10-14)23(15-11-7-4-8-12-15)19(28)22(20)13-16(25)26/h14-15,17,29H,3-13H2,1-2H3,(H,21,27)(H,25,26)/t17-/m0/s1. The number of hydrogen-bond donors (Lipinski definition) is 3. The summed E-state index contributed by atoms with van der Waals surface area (Å²) in [5, 5.41) is 23.7. The largest absolute Gasteiger partial charge is 0.480 e. The van der Waals surface area contributed by atoms with E-state index in [9.17, 15) is 24.7 Å². The van der Waals surface area contributed by atoms with Crippen molar-refractivity contribution in [3.05, 3.63) is 0 Å². The first-order chi connectivity index (χ1) is 13.7. The van der Waals surface area contributed by atoms with Crippen molar-refractivity contribution in [2.45, 2.75) is 102 Å². The highest BCUT2D eigenvalue weighted by atomic mass is 16.5. The van der Waals surface area contributed by atoms with Gasteiger partial charge in [0.1, 0.15) is 6.54 Å². The first-order valence-electron chi connectivity index (χ1n) is 10.8. The Kier molecular flexibility index (Phi) is 6.55. The van der Waals surface area contributed by atoms with E-state index in [2.05, 4.69) is 5.32 Å². The van der Waals surface area contributed by atoms with E-state index >= 15 is 0 Å². The lowest BCUT2D eigenvalue weighted by Gasteiger charge is -2.41. The maximum atomic E-state index is 13.2. The van der Waals surface area contributed by atoms with Crippen LogP contribution in [0.3, 0.4) is 0 Å². The van der Waals surface area contributed by atoms with Crippen LogP contribution in [0.1, 0.15) is 78.1 Å². The number of rotatable bonds is 5. The molecular formula is C20H34N4O5. The quantitative estimate of drug-likeness (QED) is 0.476. The van der Waals surface area contributed by atoms with E-state index in [0.717, 1.165) is 64.2 Å². The monoisotopic (exact) mass is 410 g/mol. The van der Waals surface area contributed by atoms with Crippen LogP contribution in [0.4, 0.5) is 9.59 Å². The van der Waals surface area contributed by atoms with Gasteiger partial charge in [-0.25, -0.2) is 9.59 Å². The number of aliphatic carboxylic acids is 1. The van der Waals surface area contributed by atoms with Gasteiger partial charge in [0.05, 0.1) is 5.54 Å². The molecule has 3 fully saturated rings. The Morgan fingerprint density at radius 1 is 1.07 bits per heavy atom. The van der Waals surface area contributed by atoms with E-state index in [-0.39, 0.29) is 12.1 Å². The molecule has 1 aliphatic heterocycles. The zero-order chi connectivity index (χ0) is 21.2. The molecule has 9 nitrogen and oxygen atoms in total. The summed E-state index contributed by atoms with van der Waals surface area (Å²) in [6.07, 6.45) is 8.67. The predicted octanol–water partition coefficient (Wildman–Crippen LogP) is 2.98. The van der Waals surface area contributed by atoms with Crippen LogP contribution in [0.2, 0.25) is 0 Å². The van der Waals surface area contributed by atoms with E-state index < -0.39 is 36.3 Å². The highest BCUT2D eigenvalue weighted by molar-refractivity contribution is 5.85. The number of urea groups is 2. The Hall–Kier alpha value is -2.03. The molecule has 1 heterocycles. The van der Waals surface area contributed by atoms with E-state index in [0.29, 0.717) is 5.06 Å². The van der Waals surface area contributed by atoms with Crippen molar-refractivity contribution in [3.8, 4) is 0 Å². The second kappa shape index (κ2) is 8.77. The molecule has 0 aromatic rings. The molecule has 0 aromatic heterocycles. The Morgan fingerprint density at radius 2 is 1.62 bits per heavy atom. The third-order valence-corrected chi connectivity index (χ3v) is 6.68. The minimum Gasteiger partial charge on any atom is -0.480 e. The summed E-state index contributed by atoms with van der Waals surface area (Å²) < 4.78 is 0. The molecule has 3 N–H and O–H groups in total. The maximum absolute atomic E-state index is 13.2.